The molecule has 2 aromatic rings. The number of carbonyl (C=O) groups excluding carboxylic acids is 1. The topological polar surface area (TPSA) is 35.5 Å². The molecule has 0 spiro atoms. The highest BCUT2D eigenvalue weighted by molar-refractivity contribution is 5.74. The third-order valence-corrected chi connectivity index (χ3v) is 6.36. The van der Waals surface area contributed by atoms with Gasteiger partial charge in [-0.2, -0.15) is 0 Å². The molecule has 1 aliphatic carbocycles. The SMILES string of the molecule is CCCCOc1ccc(-c2ccc([C@H]3CC[C@H](OC(=O)[C@@H](F)CCCC)CC3)cc2)cc1. The Morgan fingerprint density at radius 3 is 2.09 bits per heavy atom. The monoisotopic (exact) mass is 440 g/mol. The second-order valence-corrected chi connectivity index (χ2v) is 8.87. The van der Waals surface area contributed by atoms with E-state index < -0.39 is 12.1 Å². The van der Waals surface area contributed by atoms with Gasteiger partial charge >= 0.3 is 5.97 Å². The predicted octanol–water partition coefficient (Wildman–Crippen LogP) is 7.63. The van der Waals surface area contributed by atoms with Gasteiger partial charge < -0.3 is 9.47 Å². The molecular weight excluding hydrogens is 403 g/mol. The number of hydrogen-bond donors (Lipinski definition) is 0. The Kier molecular flexibility index (Phi) is 9.58. The molecule has 3 nitrogen and oxygen atoms in total. The van der Waals surface area contributed by atoms with Crippen LogP contribution in [-0.2, 0) is 9.53 Å². The van der Waals surface area contributed by atoms with Crippen LogP contribution in [0.1, 0.15) is 83.1 Å². The van der Waals surface area contributed by atoms with E-state index in [0.29, 0.717) is 5.92 Å². The number of rotatable bonds is 11. The van der Waals surface area contributed by atoms with E-state index in [0.717, 1.165) is 63.7 Å². The standard InChI is InChI=1S/C28H37FO3/c1-3-5-7-27(29)28(30)32-26-18-14-24(15-19-26)22-10-8-21(9-11-22)23-12-16-25(17-13-23)31-20-6-4-2/h8-13,16-17,24,26-27H,3-7,14-15,18-20H2,1-2H3/t24-,26-,27-/m0/s1. The Morgan fingerprint density at radius 2 is 1.50 bits per heavy atom. The first-order chi connectivity index (χ1) is 15.6. The predicted molar refractivity (Wildman–Crippen MR) is 128 cm³/mol. The van der Waals surface area contributed by atoms with Crippen molar-refractivity contribution in [2.45, 2.75) is 89.8 Å². The molecule has 0 bridgehead atoms. The van der Waals surface area contributed by atoms with Crippen molar-refractivity contribution in [3.05, 3.63) is 54.1 Å². The summed E-state index contributed by atoms with van der Waals surface area (Å²) < 4.78 is 25.0. The van der Waals surface area contributed by atoms with Crippen molar-refractivity contribution in [3.63, 3.8) is 0 Å². The molecule has 32 heavy (non-hydrogen) atoms. The zero-order chi connectivity index (χ0) is 22.8. The number of hydrogen-bond acceptors (Lipinski definition) is 3. The van der Waals surface area contributed by atoms with Crippen LogP contribution in [0.2, 0.25) is 0 Å². The molecule has 2 aromatic carbocycles. The molecule has 0 aromatic heterocycles. The van der Waals surface area contributed by atoms with Crippen LogP contribution in [-0.4, -0.2) is 24.9 Å². The second-order valence-electron chi connectivity index (χ2n) is 8.87. The second kappa shape index (κ2) is 12.6. The normalized spacial score (nSPS) is 19.3. The van der Waals surface area contributed by atoms with Crippen LogP contribution in [0.4, 0.5) is 4.39 Å². The largest absolute Gasteiger partial charge is 0.494 e. The molecule has 1 saturated carbocycles. The maximum atomic E-state index is 13.9. The lowest BCUT2D eigenvalue weighted by Crippen LogP contribution is -2.28. The van der Waals surface area contributed by atoms with E-state index in [1.807, 2.05) is 19.1 Å². The summed E-state index contributed by atoms with van der Waals surface area (Å²) in [5.74, 6) is 0.711. The van der Waals surface area contributed by atoms with Crippen molar-refractivity contribution >= 4 is 5.97 Å². The summed E-state index contributed by atoms with van der Waals surface area (Å²) in [4.78, 5) is 11.9. The third-order valence-electron chi connectivity index (χ3n) is 6.36. The fourth-order valence-corrected chi connectivity index (χ4v) is 4.28. The summed E-state index contributed by atoms with van der Waals surface area (Å²) in [6.07, 6.45) is 6.00. The van der Waals surface area contributed by atoms with Crippen LogP contribution in [0, 0.1) is 0 Å². The maximum absolute atomic E-state index is 13.9. The van der Waals surface area contributed by atoms with E-state index >= 15 is 0 Å². The first-order valence-corrected chi connectivity index (χ1v) is 12.3. The van der Waals surface area contributed by atoms with Gasteiger partial charge in [0.15, 0.2) is 6.17 Å². The highest BCUT2D eigenvalue weighted by Crippen LogP contribution is 2.35. The van der Waals surface area contributed by atoms with Crippen LogP contribution in [0.25, 0.3) is 11.1 Å². The molecule has 3 rings (SSSR count). The average Bonchev–Trinajstić information content (AvgIpc) is 2.84. The van der Waals surface area contributed by atoms with Crippen LogP contribution in [0.5, 0.6) is 5.75 Å². The molecule has 1 atom stereocenters. The van der Waals surface area contributed by atoms with Gasteiger partial charge in [-0.05, 0) is 73.3 Å². The van der Waals surface area contributed by atoms with Gasteiger partial charge in [-0.25, -0.2) is 9.18 Å². The number of alkyl halides is 1. The molecule has 0 amide bonds. The van der Waals surface area contributed by atoms with Gasteiger partial charge in [0.1, 0.15) is 11.9 Å². The van der Waals surface area contributed by atoms with Crippen LogP contribution in [0.3, 0.4) is 0 Å². The van der Waals surface area contributed by atoms with E-state index in [1.54, 1.807) is 0 Å². The molecule has 0 heterocycles. The van der Waals surface area contributed by atoms with E-state index in [9.17, 15) is 9.18 Å². The van der Waals surface area contributed by atoms with Gasteiger partial charge in [0.2, 0.25) is 0 Å². The number of carbonyl (C=O) groups is 1. The Hall–Kier alpha value is -2.36. The maximum Gasteiger partial charge on any atom is 0.340 e. The first-order valence-electron chi connectivity index (χ1n) is 12.3. The lowest BCUT2D eigenvalue weighted by atomic mass is 9.82. The zero-order valence-electron chi connectivity index (χ0n) is 19.5. The molecule has 1 fully saturated rings. The smallest absolute Gasteiger partial charge is 0.340 e. The van der Waals surface area contributed by atoms with Crippen LogP contribution >= 0.6 is 0 Å². The van der Waals surface area contributed by atoms with Gasteiger partial charge in [-0.3, -0.25) is 0 Å². The van der Waals surface area contributed by atoms with Gasteiger partial charge in [-0.1, -0.05) is 69.5 Å². The van der Waals surface area contributed by atoms with Gasteiger partial charge in [0.05, 0.1) is 6.61 Å². The number of halogens is 1. The van der Waals surface area contributed by atoms with Crippen molar-refractivity contribution < 1.29 is 18.7 Å². The summed E-state index contributed by atoms with van der Waals surface area (Å²) in [7, 11) is 0. The Balaban J connectivity index is 1.48. The Morgan fingerprint density at radius 1 is 0.906 bits per heavy atom. The van der Waals surface area contributed by atoms with Crippen LogP contribution in [0.15, 0.2) is 48.5 Å². The van der Waals surface area contributed by atoms with E-state index in [2.05, 4.69) is 43.3 Å². The van der Waals surface area contributed by atoms with Crippen molar-refractivity contribution in [3.8, 4) is 16.9 Å². The highest BCUT2D eigenvalue weighted by atomic mass is 19.1. The van der Waals surface area contributed by atoms with Crippen molar-refractivity contribution in [1.82, 2.24) is 0 Å². The fourth-order valence-electron chi connectivity index (χ4n) is 4.28. The number of esters is 1. The molecule has 0 saturated heterocycles. The molecule has 1 aliphatic rings. The van der Waals surface area contributed by atoms with Gasteiger partial charge in [0, 0.05) is 0 Å². The quantitative estimate of drug-likeness (QED) is 0.266. The summed E-state index contributed by atoms with van der Waals surface area (Å²) in [5.41, 5.74) is 3.70. The summed E-state index contributed by atoms with van der Waals surface area (Å²) >= 11 is 0. The summed E-state index contributed by atoms with van der Waals surface area (Å²) in [6, 6.07) is 17.0. The summed E-state index contributed by atoms with van der Waals surface area (Å²) in [6.45, 7) is 4.91. The minimum absolute atomic E-state index is 0.143. The van der Waals surface area contributed by atoms with E-state index in [4.69, 9.17) is 9.47 Å². The third kappa shape index (κ3) is 7.08. The molecule has 0 unspecified atom stereocenters. The molecular formula is C28H37FO3. The zero-order valence-corrected chi connectivity index (χ0v) is 19.5. The van der Waals surface area contributed by atoms with E-state index in [1.165, 1.54) is 16.7 Å². The Bertz CT molecular complexity index is 808. The van der Waals surface area contributed by atoms with E-state index in [-0.39, 0.29) is 12.5 Å². The summed E-state index contributed by atoms with van der Waals surface area (Å²) in [5, 5.41) is 0. The fraction of sp³-hybridized carbons (Fsp3) is 0.536. The minimum atomic E-state index is -1.47. The number of benzene rings is 2. The molecule has 4 heteroatoms. The van der Waals surface area contributed by atoms with Gasteiger partial charge in [-0.15, -0.1) is 0 Å². The average molecular weight is 441 g/mol. The molecule has 0 N–H and O–H groups in total. The van der Waals surface area contributed by atoms with Crippen molar-refractivity contribution in [2.24, 2.45) is 0 Å². The molecule has 174 valence electrons. The lowest BCUT2D eigenvalue weighted by Gasteiger charge is -2.29. The minimum Gasteiger partial charge on any atom is -0.494 e. The number of ether oxygens (including phenoxy) is 2. The number of unbranched alkanes of at least 4 members (excludes halogenated alkanes) is 2. The lowest BCUT2D eigenvalue weighted by molar-refractivity contribution is -0.157. The van der Waals surface area contributed by atoms with Crippen molar-refractivity contribution in [2.75, 3.05) is 6.61 Å². The molecule has 0 radical (unpaired) electrons. The first kappa shape index (κ1) is 24.3. The Labute approximate surface area is 192 Å². The van der Waals surface area contributed by atoms with Gasteiger partial charge in [0.25, 0.3) is 0 Å². The van der Waals surface area contributed by atoms with Crippen molar-refractivity contribution in [1.29, 1.82) is 0 Å². The molecule has 0 aliphatic heterocycles. The highest BCUT2D eigenvalue weighted by Gasteiger charge is 2.27. The van der Waals surface area contributed by atoms with Crippen LogP contribution < -0.4 is 4.74 Å².